The van der Waals surface area contributed by atoms with E-state index >= 15 is 0 Å². The van der Waals surface area contributed by atoms with Gasteiger partial charge in [0, 0.05) is 0 Å². The van der Waals surface area contributed by atoms with Crippen LogP contribution in [0.5, 0.6) is 0 Å². The highest BCUT2D eigenvalue weighted by molar-refractivity contribution is 7.91. The molecule has 1 rings (SSSR count). The second kappa shape index (κ2) is 5.41. The number of sulfone groups is 1. The normalized spacial score (nSPS) is 11.7. The van der Waals surface area contributed by atoms with Gasteiger partial charge in [-0.3, -0.25) is 0 Å². The molecule has 0 bridgehead atoms. The Morgan fingerprint density at radius 3 is 2.62 bits per heavy atom. The maximum atomic E-state index is 13.0. The van der Waals surface area contributed by atoms with E-state index in [2.05, 4.69) is 5.32 Å². The Morgan fingerprint density at radius 2 is 2.06 bits per heavy atom. The Bertz CT molecular complexity index is 457. The highest BCUT2D eigenvalue weighted by Gasteiger charge is 2.14. The highest BCUT2D eigenvalue weighted by Crippen LogP contribution is 2.16. The first kappa shape index (κ1) is 13.1. The van der Waals surface area contributed by atoms with Gasteiger partial charge in [-0.15, -0.1) is 0 Å². The molecule has 0 aliphatic rings. The summed E-state index contributed by atoms with van der Waals surface area (Å²) in [6.07, 6.45) is 0.551. The van der Waals surface area contributed by atoms with Gasteiger partial charge in [-0.25, -0.2) is 12.8 Å². The maximum absolute atomic E-state index is 13.0. The summed E-state index contributed by atoms with van der Waals surface area (Å²) in [6.45, 7) is 2.21. The Balaban J connectivity index is 2.86. The van der Waals surface area contributed by atoms with Gasteiger partial charge in [-0.2, -0.15) is 0 Å². The highest BCUT2D eigenvalue weighted by atomic mass is 32.2. The van der Waals surface area contributed by atoms with Crippen molar-refractivity contribution in [3.05, 3.63) is 29.6 Å². The van der Waals surface area contributed by atoms with E-state index in [0.717, 1.165) is 0 Å². The number of hydrogen-bond acceptors (Lipinski definition) is 3. The SMILES string of the molecule is CNCCCS(=O)(=O)c1ccc(F)c(C)c1. The van der Waals surface area contributed by atoms with Crippen LogP contribution in [-0.4, -0.2) is 27.8 Å². The predicted octanol–water partition coefficient (Wildman–Crippen LogP) is 1.52. The van der Waals surface area contributed by atoms with Gasteiger partial charge in [0.2, 0.25) is 0 Å². The van der Waals surface area contributed by atoms with Gasteiger partial charge in [0.25, 0.3) is 0 Å². The number of aryl methyl sites for hydroxylation is 1. The molecule has 90 valence electrons. The molecule has 0 amide bonds. The monoisotopic (exact) mass is 245 g/mol. The van der Waals surface area contributed by atoms with E-state index in [4.69, 9.17) is 0 Å². The van der Waals surface area contributed by atoms with Gasteiger partial charge in [0.05, 0.1) is 10.6 Å². The topological polar surface area (TPSA) is 46.2 Å². The van der Waals surface area contributed by atoms with E-state index in [1.807, 2.05) is 0 Å². The lowest BCUT2D eigenvalue weighted by Gasteiger charge is -2.05. The van der Waals surface area contributed by atoms with Crippen LogP contribution >= 0.6 is 0 Å². The number of benzene rings is 1. The standard InChI is InChI=1S/C11H16FNO2S/c1-9-8-10(4-5-11(9)12)16(14,15)7-3-6-13-2/h4-5,8,13H,3,6-7H2,1-2H3. The smallest absolute Gasteiger partial charge is 0.178 e. The van der Waals surface area contributed by atoms with Gasteiger partial charge in [-0.1, -0.05) is 0 Å². The van der Waals surface area contributed by atoms with Crippen LogP contribution in [0.3, 0.4) is 0 Å². The molecule has 3 nitrogen and oxygen atoms in total. The van der Waals surface area contributed by atoms with E-state index in [1.54, 1.807) is 14.0 Å². The number of rotatable bonds is 5. The van der Waals surface area contributed by atoms with Crippen molar-refractivity contribution in [2.24, 2.45) is 0 Å². The van der Waals surface area contributed by atoms with Crippen molar-refractivity contribution >= 4 is 9.84 Å². The summed E-state index contributed by atoms with van der Waals surface area (Å²) >= 11 is 0. The first-order valence-corrected chi connectivity index (χ1v) is 6.76. The van der Waals surface area contributed by atoms with Crippen LogP contribution in [0, 0.1) is 12.7 Å². The molecular formula is C11H16FNO2S. The number of hydrogen-bond donors (Lipinski definition) is 1. The molecule has 5 heteroatoms. The Hall–Kier alpha value is -0.940. The molecule has 0 heterocycles. The van der Waals surface area contributed by atoms with Gasteiger partial charge in [0.1, 0.15) is 5.82 Å². The molecule has 0 atom stereocenters. The minimum atomic E-state index is -3.28. The third-order valence-corrected chi connectivity index (χ3v) is 4.13. The van der Waals surface area contributed by atoms with Gasteiger partial charge >= 0.3 is 0 Å². The average Bonchev–Trinajstić information content (AvgIpc) is 2.22. The van der Waals surface area contributed by atoms with Crippen molar-refractivity contribution in [1.29, 1.82) is 0 Å². The third-order valence-electron chi connectivity index (χ3n) is 2.33. The summed E-state index contributed by atoms with van der Waals surface area (Å²) in [5.74, 6) is -0.298. The molecular weight excluding hydrogens is 229 g/mol. The molecule has 1 N–H and O–H groups in total. The van der Waals surface area contributed by atoms with Crippen LogP contribution in [0.4, 0.5) is 4.39 Å². The lowest BCUT2D eigenvalue weighted by molar-refractivity contribution is 0.589. The quantitative estimate of drug-likeness (QED) is 0.632. The summed E-state index contributed by atoms with van der Waals surface area (Å²) in [4.78, 5) is 0.197. The number of halogens is 1. The summed E-state index contributed by atoms with van der Waals surface area (Å²) in [7, 11) is -1.51. The summed E-state index contributed by atoms with van der Waals surface area (Å²) in [6, 6.07) is 3.89. The molecule has 0 aliphatic heterocycles. The predicted molar refractivity (Wildman–Crippen MR) is 61.7 cm³/mol. The molecule has 0 fully saturated rings. The van der Waals surface area contributed by atoms with Crippen molar-refractivity contribution in [3.63, 3.8) is 0 Å². The third kappa shape index (κ3) is 3.28. The van der Waals surface area contributed by atoms with Gasteiger partial charge in [-0.05, 0) is 50.7 Å². The molecule has 16 heavy (non-hydrogen) atoms. The second-order valence-corrected chi connectivity index (χ2v) is 5.80. The Kier molecular flexibility index (Phi) is 4.44. The fraction of sp³-hybridized carbons (Fsp3) is 0.455. The number of nitrogens with one attached hydrogen (secondary N) is 1. The van der Waals surface area contributed by atoms with Gasteiger partial charge in [0.15, 0.2) is 9.84 Å². The van der Waals surface area contributed by atoms with Crippen molar-refractivity contribution < 1.29 is 12.8 Å². The van der Waals surface area contributed by atoms with E-state index in [1.165, 1.54) is 18.2 Å². The van der Waals surface area contributed by atoms with E-state index in [-0.39, 0.29) is 16.5 Å². The van der Waals surface area contributed by atoms with Crippen LogP contribution < -0.4 is 5.32 Å². The molecule has 0 aromatic heterocycles. The van der Waals surface area contributed by atoms with Crippen LogP contribution in [0.25, 0.3) is 0 Å². The molecule has 0 saturated heterocycles. The zero-order chi connectivity index (χ0) is 12.2. The first-order chi connectivity index (χ1) is 7.47. The summed E-state index contributed by atoms with van der Waals surface area (Å²) < 4.78 is 36.6. The minimum Gasteiger partial charge on any atom is -0.320 e. The van der Waals surface area contributed by atoms with E-state index in [0.29, 0.717) is 18.5 Å². The fourth-order valence-corrected chi connectivity index (χ4v) is 2.76. The zero-order valence-electron chi connectivity index (χ0n) is 9.46. The molecule has 0 saturated carbocycles. The van der Waals surface area contributed by atoms with E-state index in [9.17, 15) is 12.8 Å². The lowest BCUT2D eigenvalue weighted by atomic mass is 10.2. The van der Waals surface area contributed by atoms with Crippen LogP contribution in [0.2, 0.25) is 0 Å². The molecule has 0 unspecified atom stereocenters. The van der Waals surface area contributed by atoms with Crippen molar-refractivity contribution in [1.82, 2.24) is 5.32 Å². The van der Waals surface area contributed by atoms with Crippen molar-refractivity contribution in [3.8, 4) is 0 Å². The van der Waals surface area contributed by atoms with Crippen LogP contribution in [-0.2, 0) is 9.84 Å². The molecule has 1 aromatic rings. The lowest BCUT2D eigenvalue weighted by Crippen LogP contribution is -2.14. The Morgan fingerprint density at radius 1 is 1.38 bits per heavy atom. The van der Waals surface area contributed by atoms with Crippen LogP contribution in [0.15, 0.2) is 23.1 Å². The molecule has 0 aliphatic carbocycles. The summed E-state index contributed by atoms with van der Waals surface area (Å²) in [5, 5.41) is 2.89. The van der Waals surface area contributed by atoms with E-state index < -0.39 is 9.84 Å². The molecule has 1 aromatic carbocycles. The second-order valence-electron chi connectivity index (χ2n) is 3.69. The summed E-state index contributed by atoms with van der Waals surface area (Å²) in [5.41, 5.74) is 0.356. The van der Waals surface area contributed by atoms with Crippen LogP contribution in [0.1, 0.15) is 12.0 Å². The molecule has 0 spiro atoms. The van der Waals surface area contributed by atoms with Crippen molar-refractivity contribution in [2.75, 3.05) is 19.3 Å². The Labute approximate surface area is 95.6 Å². The van der Waals surface area contributed by atoms with Crippen molar-refractivity contribution in [2.45, 2.75) is 18.2 Å². The largest absolute Gasteiger partial charge is 0.320 e. The minimum absolute atomic E-state index is 0.0823. The first-order valence-electron chi connectivity index (χ1n) is 5.11. The maximum Gasteiger partial charge on any atom is 0.178 e. The van der Waals surface area contributed by atoms with Gasteiger partial charge < -0.3 is 5.32 Å². The molecule has 0 radical (unpaired) electrons. The fourth-order valence-electron chi connectivity index (χ4n) is 1.37. The average molecular weight is 245 g/mol. The zero-order valence-corrected chi connectivity index (χ0v) is 10.3.